The van der Waals surface area contributed by atoms with E-state index in [4.69, 9.17) is 14.2 Å². The van der Waals surface area contributed by atoms with Crippen LogP contribution in [0.5, 0.6) is 17.2 Å². The summed E-state index contributed by atoms with van der Waals surface area (Å²) in [6.07, 6.45) is 1.04. The van der Waals surface area contributed by atoms with Crippen molar-refractivity contribution in [3.05, 3.63) is 23.3 Å². The van der Waals surface area contributed by atoms with Crippen molar-refractivity contribution in [2.24, 2.45) is 0 Å². The van der Waals surface area contributed by atoms with Crippen LogP contribution in [-0.2, 0) is 14.3 Å². The van der Waals surface area contributed by atoms with Gasteiger partial charge in [-0.15, -0.1) is 0 Å². The number of hydrogen-bond acceptors (Lipinski definition) is 6. The van der Waals surface area contributed by atoms with Gasteiger partial charge in [-0.05, 0) is 44.5 Å². The quantitative estimate of drug-likeness (QED) is 0.376. The van der Waals surface area contributed by atoms with E-state index in [0.717, 1.165) is 0 Å². The van der Waals surface area contributed by atoms with Crippen LogP contribution in [0.4, 0.5) is 0 Å². The van der Waals surface area contributed by atoms with Gasteiger partial charge >= 0.3 is 5.97 Å². The molecule has 0 aliphatic carbocycles. The first kappa shape index (κ1) is 17.6. The second-order valence-corrected chi connectivity index (χ2v) is 4.84. The minimum Gasteiger partial charge on any atom is -0.502 e. The first-order valence-corrected chi connectivity index (χ1v) is 6.68. The van der Waals surface area contributed by atoms with E-state index in [1.54, 1.807) is 13.8 Å². The number of esters is 1. The van der Waals surface area contributed by atoms with E-state index in [0.29, 0.717) is 5.56 Å². The third kappa shape index (κ3) is 4.25. The molecule has 120 valence electrons. The van der Waals surface area contributed by atoms with Gasteiger partial charge in [-0.25, -0.2) is 4.79 Å². The van der Waals surface area contributed by atoms with Crippen molar-refractivity contribution in [2.75, 3.05) is 14.2 Å². The van der Waals surface area contributed by atoms with Crippen molar-refractivity contribution in [3.8, 4) is 17.2 Å². The number of methoxy groups -OCH3 is 2. The van der Waals surface area contributed by atoms with Crippen molar-refractivity contribution in [3.63, 3.8) is 0 Å². The maximum Gasteiger partial charge on any atom is 0.342 e. The molecule has 0 heterocycles. The fourth-order valence-electron chi connectivity index (χ4n) is 1.75. The lowest BCUT2D eigenvalue weighted by Gasteiger charge is -2.11. The Labute approximate surface area is 129 Å². The van der Waals surface area contributed by atoms with E-state index in [2.05, 4.69) is 0 Å². The van der Waals surface area contributed by atoms with Crippen LogP contribution in [0.25, 0.3) is 6.08 Å². The summed E-state index contributed by atoms with van der Waals surface area (Å²) in [5.41, 5.74) is 0.376. The Bertz CT molecular complexity index is 576. The number of Topliss-reactive ketones (excluding diaryl/α,β-unsaturated/α-hetero) is 1. The summed E-state index contributed by atoms with van der Waals surface area (Å²) in [5, 5.41) is 9.86. The monoisotopic (exact) mass is 308 g/mol. The molecule has 0 spiro atoms. The largest absolute Gasteiger partial charge is 0.502 e. The molecule has 22 heavy (non-hydrogen) atoms. The molecule has 0 aliphatic heterocycles. The number of ketones is 1. The maximum atomic E-state index is 12.0. The molecule has 0 radical (unpaired) electrons. The van der Waals surface area contributed by atoms with E-state index in [1.165, 1.54) is 39.4 Å². The third-order valence-corrected chi connectivity index (χ3v) is 2.76. The van der Waals surface area contributed by atoms with Crippen molar-refractivity contribution in [1.82, 2.24) is 0 Å². The zero-order valence-corrected chi connectivity index (χ0v) is 13.3. The Hall–Kier alpha value is -2.50. The van der Waals surface area contributed by atoms with Gasteiger partial charge in [0.05, 0.1) is 20.3 Å². The highest BCUT2D eigenvalue weighted by molar-refractivity contribution is 6.19. The van der Waals surface area contributed by atoms with Gasteiger partial charge in [0.2, 0.25) is 5.75 Å². The number of hydrogen-bond donors (Lipinski definition) is 1. The van der Waals surface area contributed by atoms with Gasteiger partial charge in [-0.1, -0.05) is 0 Å². The average Bonchev–Trinajstić information content (AvgIpc) is 2.44. The highest BCUT2D eigenvalue weighted by Crippen LogP contribution is 2.37. The first-order chi connectivity index (χ1) is 10.3. The Morgan fingerprint density at radius 1 is 1.14 bits per heavy atom. The lowest BCUT2D eigenvalue weighted by molar-refractivity contribution is -0.143. The summed E-state index contributed by atoms with van der Waals surface area (Å²) in [7, 11) is 2.78. The van der Waals surface area contributed by atoms with Crippen LogP contribution in [0.2, 0.25) is 0 Å². The predicted octanol–water partition coefficient (Wildman–Crippen LogP) is 2.33. The van der Waals surface area contributed by atoms with Gasteiger partial charge < -0.3 is 19.3 Å². The Kier molecular flexibility index (Phi) is 5.98. The number of benzene rings is 1. The van der Waals surface area contributed by atoms with Crippen molar-refractivity contribution < 1.29 is 28.9 Å². The van der Waals surface area contributed by atoms with Crippen molar-refractivity contribution in [2.45, 2.75) is 26.9 Å². The highest BCUT2D eigenvalue weighted by atomic mass is 16.5. The topological polar surface area (TPSA) is 82.1 Å². The molecule has 0 amide bonds. The van der Waals surface area contributed by atoms with Crippen LogP contribution in [-0.4, -0.2) is 37.2 Å². The second kappa shape index (κ2) is 7.49. The average molecular weight is 308 g/mol. The van der Waals surface area contributed by atoms with Crippen LogP contribution < -0.4 is 9.47 Å². The third-order valence-electron chi connectivity index (χ3n) is 2.76. The summed E-state index contributed by atoms with van der Waals surface area (Å²) in [5.74, 6) is -0.932. The molecule has 0 fully saturated rings. The van der Waals surface area contributed by atoms with Crippen LogP contribution >= 0.6 is 0 Å². The van der Waals surface area contributed by atoms with E-state index in [9.17, 15) is 14.7 Å². The van der Waals surface area contributed by atoms with E-state index in [1.807, 2.05) is 0 Å². The maximum absolute atomic E-state index is 12.0. The summed E-state index contributed by atoms with van der Waals surface area (Å²) in [6.45, 7) is 4.67. The number of rotatable bonds is 6. The van der Waals surface area contributed by atoms with Gasteiger partial charge in [-0.2, -0.15) is 0 Å². The molecule has 0 unspecified atom stereocenters. The molecule has 0 aliphatic rings. The molecule has 0 saturated heterocycles. The molecular weight excluding hydrogens is 288 g/mol. The van der Waals surface area contributed by atoms with Gasteiger partial charge in [0.15, 0.2) is 17.3 Å². The van der Waals surface area contributed by atoms with Crippen molar-refractivity contribution in [1.29, 1.82) is 0 Å². The molecule has 1 rings (SSSR count). The molecule has 6 nitrogen and oxygen atoms in total. The molecular formula is C16H20O6. The SMILES string of the molecule is COc1cc(/C=C(/C(C)=O)C(=O)OC(C)C)cc(OC)c1O. The summed E-state index contributed by atoms with van der Waals surface area (Å²) < 4.78 is 15.1. The molecule has 0 atom stereocenters. The zero-order chi connectivity index (χ0) is 16.9. The van der Waals surface area contributed by atoms with Gasteiger partial charge in [0, 0.05) is 0 Å². The lowest BCUT2D eigenvalue weighted by atomic mass is 10.1. The van der Waals surface area contributed by atoms with Gasteiger partial charge in [-0.3, -0.25) is 4.79 Å². The van der Waals surface area contributed by atoms with E-state index in [-0.39, 0.29) is 28.9 Å². The Balaban J connectivity index is 3.32. The fourth-order valence-corrected chi connectivity index (χ4v) is 1.75. The van der Waals surface area contributed by atoms with Crippen LogP contribution in [0, 0.1) is 0 Å². The summed E-state index contributed by atoms with van der Waals surface area (Å²) >= 11 is 0. The molecule has 1 aromatic carbocycles. The second-order valence-electron chi connectivity index (χ2n) is 4.84. The summed E-state index contributed by atoms with van der Waals surface area (Å²) in [4.78, 5) is 23.6. The number of ether oxygens (including phenoxy) is 3. The van der Waals surface area contributed by atoms with Gasteiger partial charge in [0.25, 0.3) is 0 Å². The standard InChI is InChI=1S/C16H20O6/c1-9(2)22-16(19)12(10(3)17)6-11-7-13(20-4)15(18)14(8-11)21-5/h6-9,18H,1-5H3/b12-6-. The summed E-state index contributed by atoms with van der Waals surface area (Å²) in [6, 6.07) is 2.98. The minimum absolute atomic E-state index is 0.0940. The van der Waals surface area contributed by atoms with Crippen molar-refractivity contribution >= 4 is 17.8 Å². The number of phenolic OH excluding ortho intramolecular Hbond substituents is 1. The normalized spacial score (nSPS) is 11.3. The molecule has 6 heteroatoms. The van der Waals surface area contributed by atoms with Crippen LogP contribution in [0.1, 0.15) is 26.3 Å². The smallest absolute Gasteiger partial charge is 0.342 e. The highest BCUT2D eigenvalue weighted by Gasteiger charge is 2.18. The Morgan fingerprint density at radius 3 is 2.00 bits per heavy atom. The number of phenols is 1. The molecule has 0 bridgehead atoms. The van der Waals surface area contributed by atoms with E-state index >= 15 is 0 Å². The minimum atomic E-state index is -0.700. The number of carbonyl (C=O) groups is 2. The van der Waals surface area contributed by atoms with E-state index < -0.39 is 11.8 Å². The number of aromatic hydroxyl groups is 1. The zero-order valence-electron chi connectivity index (χ0n) is 13.3. The molecule has 1 N–H and O–H groups in total. The first-order valence-electron chi connectivity index (χ1n) is 6.68. The molecule has 1 aromatic rings. The fraction of sp³-hybridized carbons (Fsp3) is 0.375. The predicted molar refractivity (Wildman–Crippen MR) is 81.1 cm³/mol. The molecule has 0 saturated carbocycles. The van der Waals surface area contributed by atoms with Gasteiger partial charge in [0.1, 0.15) is 5.57 Å². The lowest BCUT2D eigenvalue weighted by Crippen LogP contribution is -2.17. The van der Waals surface area contributed by atoms with Crippen LogP contribution in [0.3, 0.4) is 0 Å². The molecule has 0 aromatic heterocycles. The van der Waals surface area contributed by atoms with Crippen LogP contribution in [0.15, 0.2) is 17.7 Å². The Morgan fingerprint density at radius 2 is 1.64 bits per heavy atom. The number of carbonyl (C=O) groups excluding carboxylic acids is 2.